The number of carbonyl (C=O) groups excluding carboxylic acids is 1. The van der Waals surface area contributed by atoms with Crippen LogP contribution in [0, 0.1) is 0 Å². The first-order chi connectivity index (χ1) is 13.9. The highest BCUT2D eigenvalue weighted by atomic mass is 35.5. The largest absolute Gasteiger partial charge is 0.507 e. The average Bonchev–Trinajstić information content (AvgIpc) is 2.69. The van der Waals surface area contributed by atoms with E-state index in [0.717, 1.165) is 5.57 Å². The lowest BCUT2D eigenvalue weighted by Crippen LogP contribution is -2.05. The summed E-state index contributed by atoms with van der Waals surface area (Å²) in [5, 5.41) is 10.9. The Labute approximate surface area is 175 Å². The minimum absolute atomic E-state index is 0.0264. The van der Waals surface area contributed by atoms with Crippen LogP contribution in [0.1, 0.15) is 35.3 Å². The number of rotatable bonds is 9. The summed E-state index contributed by atoms with van der Waals surface area (Å²) >= 11 is 5.91. The first kappa shape index (κ1) is 22.5. The molecule has 0 bridgehead atoms. The van der Waals surface area contributed by atoms with Crippen molar-refractivity contribution in [3.63, 3.8) is 0 Å². The molecule has 0 atom stereocenters. The number of benzene rings is 1. The lowest BCUT2D eigenvalue weighted by atomic mass is 10.0. The molecular formula is C22H24ClNO5. The molecule has 1 aromatic heterocycles. The fraction of sp³-hybridized carbons (Fsp3) is 0.273. The molecule has 0 fully saturated rings. The van der Waals surface area contributed by atoms with E-state index in [2.05, 4.69) is 4.98 Å². The summed E-state index contributed by atoms with van der Waals surface area (Å²) in [7, 11) is 2.98. The number of carbonyl (C=O) groups is 1. The van der Waals surface area contributed by atoms with Gasteiger partial charge in [0, 0.05) is 36.7 Å². The van der Waals surface area contributed by atoms with Gasteiger partial charge in [0.1, 0.15) is 17.2 Å². The topological polar surface area (TPSA) is 77.9 Å². The van der Waals surface area contributed by atoms with Gasteiger partial charge in [-0.2, -0.15) is 0 Å². The lowest BCUT2D eigenvalue weighted by Gasteiger charge is -2.17. The Morgan fingerprint density at radius 2 is 2.00 bits per heavy atom. The zero-order chi connectivity index (χ0) is 21.4. The van der Waals surface area contributed by atoms with Crippen molar-refractivity contribution in [2.45, 2.75) is 20.3 Å². The minimum atomic E-state index is -0.279. The van der Waals surface area contributed by atoms with E-state index >= 15 is 0 Å². The molecule has 154 valence electrons. The number of phenols is 1. The number of methoxy groups -OCH3 is 2. The smallest absolute Gasteiger partial charge is 0.188 e. The van der Waals surface area contributed by atoms with E-state index in [1.807, 2.05) is 19.9 Å². The van der Waals surface area contributed by atoms with Gasteiger partial charge in [-0.05, 0) is 38.5 Å². The van der Waals surface area contributed by atoms with E-state index in [1.165, 1.54) is 44.8 Å². The van der Waals surface area contributed by atoms with Crippen LogP contribution in [0.5, 0.6) is 17.2 Å². The second-order valence-corrected chi connectivity index (χ2v) is 6.88. The van der Waals surface area contributed by atoms with Crippen molar-refractivity contribution in [1.82, 2.24) is 4.98 Å². The maximum absolute atomic E-state index is 12.5. The molecule has 29 heavy (non-hydrogen) atoms. The van der Waals surface area contributed by atoms with Gasteiger partial charge in [-0.1, -0.05) is 23.3 Å². The second kappa shape index (κ2) is 10.6. The third-order valence-electron chi connectivity index (χ3n) is 4.01. The highest BCUT2D eigenvalue weighted by Crippen LogP contribution is 2.40. The van der Waals surface area contributed by atoms with Gasteiger partial charge in [-0.15, -0.1) is 0 Å². The summed E-state index contributed by atoms with van der Waals surface area (Å²) in [5.41, 5.74) is 2.54. The highest BCUT2D eigenvalue weighted by Gasteiger charge is 2.18. The van der Waals surface area contributed by atoms with Gasteiger partial charge in [0.25, 0.3) is 0 Å². The summed E-state index contributed by atoms with van der Waals surface area (Å²) in [6.07, 6.45) is 8.28. The summed E-state index contributed by atoms with van der Waals surface area (Å²) in [6, 6.07) is 3.04. The Kier molecular flexibility index (Phi) is 8.24. The number of pyridine rings is 1. The van der Waals surface area contributed by atoms with Gasteiger partial charge >= 0.3 is 0 Å². The number of ketones is 1. The Balaban J connectivity index is 2.53. The van der Waals surface area contributed by atoms with Gasteiger partial charge in [0.15, 0.2) is 12.6 Å². The SMILES string of the molecule is COCOc1c(C=CC(=O)c2cncc(Cl)c2)c(OC)cc(O)c1CC=C(C)C. The summed E-state index contributed by atoms with van der Waals surface area (Å²) in [6.45, 7) is 3.91. The van der Waals surface area contributed by atoms with E-state index in [1.54, 1.807) is 6.08 Å². The first-order valence-electron chi connectivity index (χ1n) is 8.88. The van der Waals surface area contributed by atoms with Crippen LogP contribution in [-0.2, 0) is 11.2 Å². The van der Waals surface area contributed by atoms with E-state index in [0.29, 0.717) is 39.6 Å². The third kappa shape index (κ3) is 6.07. The molecule has 0 amide bonds. The number of halogens is 1. The predicted molar refractivity (Wildman–Crippen MR) is 113 cm³/mol. The minimum Gasteiger partial charge on any atom is -0.507 e. The van der Waals surface area contributed by atoms with Crippen molar-refractivity contribution in [3.8, 4) is 17.2 Å². The molecule has 0 saturated heterocycles. The number of aromatic hydroxyl groups is 1. The molecule has 0 aliphatic carbocycles. The van der Waals surface area contributed by atoms with Crippen LogP contribution in [-0.4, -0.2) is 36.9 Å². The van der Waals surface area contributed by atoms with Crippen LogP contribution in [0.3, 0.4) is 0 Å². The number of allylic oxidation sites excluding steroid dienone is 3. The number of hydrogen-bond donors (Lipinski definition) is 1. The summed E-state index contributed by atoms with van der Waals surface area (Å²) in [5.74, 6) is 0.504. The number of ether oxygens (including phenoxy) is 3. The number of phenolic OH excluding ortho intramolecular Hbond substituents is 1. The molecule has 6 nitrogen and oxygen atoms in total. The highest BCUT2D eigenvalue weighted by molar-refractivity contribution is 6.30. The van der Waals surface area contributed by atoms with Crippen LogP contribution in [0.4, 0.5) is 0 Å². The molecule has 0 saturated carbocycles. The van der Waals surface area contributed by atoms with Crippen LogP contribution >= 0.6 is 11.6 Å². The fourth-order valence-electron chi connectivity index (χ4n) is 2.59. The standard InChI is InChI=1S/C22H24ClNO5/c1-14(2)5-6-17-20(26)10-21(28-4)18(22(17)29-13-27-3)7-8-19(25)15-9-16(23)12-24-11-15/h5,7-12,26H,6,13H2,1-4H3. The third-order valence-corrected chi connectivity index (χ3v) is 4.21. The average molecular weight is 418 g/mol. The van der Waals surface area contributed by atoms with E-state index in [4.69, 9.17) is 25.8 Å². The normalized spacial score (nSPS) is 10.8. The van der Waals surface area contributed by atoms with Crippen molar-refractivity contribution >= 4 is 23.5 Å². The maximum atomic E-state index is 12.5. The van der Waals surface area contributed by atoms with E-state index < -0.39 is 0 Å². The van der Waals surface area contributed by atoms with Crippen LogP contribution in [0.15, 0.2) is 42.3 Å². The molecule has 2 aromatic rings. The molecule has 1 N–H and O–H groups in total. The van der Waals surface area contributed by atoms with Gasteiger partial charge in [-0.3, -0.25) is 9.78 Å². The second-order valence-electron chi connectivity index (χ2n) is 6.45. The zero-order valence-corrected chi connectivity index (χ0v) is 17.6. The Bertz CT molecular complexity index is 933. The van der Waals surface area contributed by atoms with E-state index in [-0.39, 0.29) is 18.3 Å². The van der Waals surface area contributed by atoms with Crippen molar-refractivity contribution < 1.29 is 24.1 Å². The van der Waals surface area contributed by atoms with Gasteiger partial charge in [0.05, 0.1) is 17.7 Å². The van der Waals surface area contributed by atoms with Crippen molar-refractivity contribution in [2.24, 2.45) is 0 Å². The fourth-order valence-corrected chi connectivity index (χ4v) is 2.77. The molecule has 1 heterocycles. The number of nitrogens with zero attached hydrogens (tertiary/aromatic N) is 1. The van der Waals surface area contributed by atoms with Crippen LogP contribution in [0.2, 0.25) is 5.02 Å². The Morgan fingerprint density at radius 1 is 1.24 bits per heavy atom. The number of aromatic nitrogens is 1. The lowest BCUT2D eigenvalue weighted by molar-refractivity contribution is 0.0500. The molecule has 0 aliphatic heterocycles. The molecule has 0 aliphatic rings. The van der Waals surface area contributed by atoms with E-state index in [9.17, 15) is 9.90 Å². The maximum Gasteiger partial charge on any atom is 0.188 e. The quantitative estimate of drug-likeness (QED) is 0.272. The molecule has 7 heteroatoms. The van der Waals surface area contributed by atoms with Crippen LogP contribution < -0.4 is 9.47 Å². The molecule has 0 spiro atoms. The molecule has 0 unspecified atom stereocenters. The predicted octanol–water partition coefficient (Wildman–Crippen LogP) is 4.84. The van der Waals surface area contributed by atoms with Crippen LogP contribution in [0.25, 0.3) is 6.08 Å². The first-order valence-corrected chi connectivity index (χ1v) is 9.26. The summed E-state index contributed by atoms with van der Waals surface area (Å²) in [4.78, 5) is 16.4. The van der Waals surface area contributed by atoms with Crippen molar-refractivity contribution in [3.05, 3.63) is 64.0 Å². The number of hydrogen-bond acceptors (Lipinski definition) is 6. The molecular weight excluding hydrogens is 394 g/mol. The van der Waals surface area contributed by atoms with Gasteiger partial charge < -0.3 is 19.3 Å². The Morgan fingerprint density at radius 3 is 2.62 bits per heavy atom. The van der Waals surface area contributed by atoms with Crippen molar-refractivity contribution in [1.29, 1.82) is 0 Å². The zero-order valence-electron chi connectivity index (χ0n) is 16.9. The molecule has 0 radical (unpaired) electrons. The molecule has 2 rings (SSSR count). The van der Waals surface area contributed by atoms with Crippen molar-refractivity contribution in [2.75, 3.05) is 21.0 Å². The van der Waals surface area contributed by atoms with Gasteiger partial charge in [-0.25, -0.2) is 0 Å². The monoisotopic (exact) mass is 417 g/mol. The Hall–Kier alpha value is -2.83. The molecule has 1 aromatic carbocycles. The van der Waals surface area contributed by atoms with Gasteiger partial charge in [0.2, 0.25) is 0 Å². The summed E-state index contributed by atoms with van der Waals surface area (Å²) < 4.78 is 16.2.